The zero-order valence-corrected chi connectivity index (χ0v) is 20.9. The second-order valence-corrected chi connectivity index (χ2v) is 9.63. The second-order valence-electron chi connectivity index (χ2n) is 9.63. The monoisotopic (exact) mass is 486 g/mol. The van der Waals surface area contributed by atoms with Gasteiger partial charge in [0, 0.05) is 43.5 Å². The van der Waals surface area contributed by atoms with E-state index >= 15 is 4.39 Å². The van der Waals surface area contributed by atoms with Crippen LogP contribution in [-0.2, 0) is 36.3 Å². The lowest BCUT2D eigenvalue weighted by Crippen LogP contribution is -2.43. The smallest absolute Gasteiger partial charge is 0.254 e. The summed E-state index contributed by atoms with van der Waals surface area (Å²) in [6.45, 7) is 6.05. The zero-order chi connectivity index (χ0) is 25.3. The number of nitrogens with one attached hydrogen (secondary N) is 1. The molecule has 1 fully saturated rings. The Bertz CT molecular complexity index is 1290. The third-order valence-electron chi connectivity index (χ3n) is 7.54. The molecule has 1 N–H and O–H groups in total. The van der Waals surface area contributed by atoms with Crippen molar-refractivity contribution in [2.75, 3.05) is 19.7 Å². The predicted octanol–water partition coefficient (Wildman–Crippen LogP) is 5.25. The summed E-state index contributed by atoms with van der Waals surface area (Å²) in [4.78, 5) is 23.7. The normalized spacial score (nSPS) is 16.9. The minimum absolute atomic E-state index is 0.0581. The number of alkyl halides is 1. The summed E-state index contributed by atoms with van der Waals surface area (Å²) in [5.41, 5.74) is 5.39. The highest BCUT2D eigenvalue weighted by molar-refractivity contribution is 5.97. The summed E-state index contributed by atoms with van der Waals surface area (Å²) in [7, 11) is 0. The number of nitrogens with zero attached hydrogens (tertiary/aromatic N) is 3. The number of carbonyl (C=O) groups is 1. The van der Waals surface area contributed by atoms with Crippen LogP contribution in [0, 0.1) is 11.3 Å². The van der Waals surface area contributed by atoms with Crippen LogP contribution in [0.2, 0.25) is 0 Å². The first kappa shape index (κ1) is 24.2. The third kappa shape index (κ3) is 4.42. The van der Waals surface area contributed by atoms with E-state index in [-0.39, 0.29) is 18.7 Å². The van der Waals surface area contributed by atoms with E-state index in [1.54, 1.807) is 29.2 Å². The maximum absolute atomic E-state index is 15.8. The maximum Gasteiger partial charge on any atom is 0.254 e. The Labute approximate surface area is 211 Å². The molecular weight excluding hydrogens is 455 g/mol. The zero-order valence-electron chi connectivity index (χ0n) is 20.9. The number of benzene rings is 2. The molecule has 1 saturated heterocycles. The van der Waals surface area contributed by atoms with E-state index in [9.17, 15) is 4.79 Å². The number of halogens is 1. The molecule has 2 aliphatic rings. The summed E-state index contributed by atoms with van der Waals surface area (Å²) < 4.78 is 21.3. The maximum atomic E-state index is 15.8. The molecule has 0 saturated carbocycles. The number of likely N-dealkylation sites (tertiary alicyclic amines) is 1. The average molecular weight is 487 g/mol. The first-order valence-electron chi connectivity index (χ1n) is 12.8. The van der Waals surface area contributed by atoms with Crippen molar-refractivity contribution in [1.29, 1.82) is 5.26 Å². The first-order chi connectivity index (χ1) is 17.5. The molecule has 186 valence electrons. The van der Waals surface area contributed by atoms with Crippen LogP contribution in [0.15, 0.2) is 36.4 Å². The fourth-order valence-electron chi connectivity index (χ4n) is 5.31. The minimum atomic E-state index is -1.50. The topological polar surface area (TPSA) is 82.0 Å². The Hall–Kier alpha value is -3.50. The van der Waals surface area contributed by atoms with Crippen LogP contribution in [0.3, 0.4) is 0 Å². The van der Waals surface area contributed by atoms with Gasteiger partial charge < -0.3 is 14.6 Å². The van der Waals surface area contributed by atoms with Crippen molar-refractivity contribution in [1.82, 2.24) is 14.9 Å². The molecule has 0 spiro atoms. The highest BCUT2D eigenvalue weighted by atomic mass is 19.1. The molecule has 5 rings (SSSR count). The van der Waals surface area contributed by atoms with Gasteiger partial charge in [-0.3, -0.25) is 4.79 Å². The Morgan fingerprint density at radius 1 is 1.17 bits per heavy atom. The van der Waals surface area contributed by atoms with Crippen molar-refractivity contribution in [3.8, 4) is 17.5 Å². The Morgan fingerprint density at radius 2 is 1.89 bits per heavy atom. The second kappa shape index (κ2) is 9.87. The average Bonchev–Trinajstić information content (AvgIpc) is 3.36. The number of hydrogen-bond acceptors (Lipinski definition) is 4. The van der Waals surface area contributed by atoms with Crippen LogP contribution in [0.1, 0.15) is 70.7 Å². The third-order valence-corrected chi connectivity index (χ3v) is 7.54. The van der Waals surface area contributed by atoms with E-state index < -0.39 is 5.67 Å². The van der Waals surface area contributed by atoms with E-state index in [4.69, 9.17) is 15.0 Å². The number of amides is 1. The largest absolute Gasteiger partial charge is 0.375 e. The van der Waals surface area contributed by atoms with Crippen molar-refractivity contribution in [2.45, 2.75) is 58.2 Å². The summed E-state index contributed by atoms with van der Waals surface area (Å²) in [5, 5.41) is 9.02. The van der Waals surface area contributed by atoms with Gasteiger partial charge in [-0.25, -0.2) is 9.37 Å². The van der Waals surface area contributed by atoms with Gasteiger partial charge >= 0.3 is 0 Å². The van der Waals surface area contributed by atoms with Crippen molar-refractivity contribution in [3.63, 3.8) is 0 Å². The molecule has 1 amide bonds. The lowest BCUT2D eigenvalue weighted by atomic mass is 9.85. The Morgan fingerprint density at radius 3 is 2.53 bits per heavy atom. The number of piperidine rings is 1. The van der Waals surface area contributed by atoms with E-state index in [1.807, 2.05) is 6.07 Å². The van der Waals surface area contributed by atoms with Crippen LogP contribution in [-0.4, -0.2) is 40.5 Å². The van der Waals surface area contributed by atoms with Crippen molar-refractivity contribution in [2.24, 2.45) is 0 Å². The van der Waals surface area contributed by atoms with E-state index in [1.165, 1.54) is 0 Å². The molecule has 3 aromatic rings. The Balaban J connectivity index is 1.41. The highest BCUT2D eigenvalue weighted by Gasteiger charge is 2.38. The number of fused-ring (bicyclic) bond motifs is 1. The van der Waals surface area contributed by atoms with Crippen LogP contribution in [0.25, 0.3) is 11.4 Å². The van der Waals surface area contributed by atoms with Gasteiger partial charge in [0.25, 0.3) is 5.91 Å². The number of aromatic amines is 1. The number of aromatic nitrogens is 2. The van der Waals surface area contributed by atoms with Gasteiger partial charge in [0.15, 0.2) is 0 Å². The molecule has 36 heavy (non-hydrogen) atoms. The molecule has 6 nitrogen and oxygen atoms in total. The number of ether oxygens (including phenoxy) is 1. The first-order valence-corrected chi connectivity index (χ1v) is 12.8. The predicted molar refractivity (Wildman–Crippen MR) is 135 cm³/mol. The lowest BCUT2D eigenvalue weighted by molar-refractivity contribution is 0.0420. The summed E-state index contributed by atoms with van der Waals surface area (Å²) >= 11 is 0. The summed E-state index contributed by atoms with van der Waals surface area (Å²) in [6, 6.07) is 12.9. The van der Waals surface area contributed by atoms with Crippen LogP contribution >= 0.6 is 0 Å². The fourth-order valence-corrected chi connectivity index (χ4v) is 5.31. The molecule has 0 aliphatic carbocycles. The van der Waals surface area contributed by atoms with Crippen molar-refractivity contribution in [3.05, 3.63) is 75.6 Å². The lowest BCUT2D eigenvalue weighted by Gasteiger charge is -2.37. The van der Waals surface area contributed by atoms with Gasteiger partial charge in [0.1, 0.15) is 11.5 Å². The quantitative estimate of drug-likeness (QED) is 0.534. The molecule has 2 aromatic carbocycles. The SMILES string of the molecule is CCc1cc(CC)c(-c2nc3c([nH]2)COCC3)cc1C(=O)N1CCC(F)(c2ccc(C#N)cc2)CC1. The molecule has 0 bridgehead atoms. The number of carbonyl (C=O) groups excluding carboxylic acids is 1. The molecule has 0 radical (unpaired) electrons. The summed E-state index contributed by atoms with van der Waals surface area (Å²) in [5.74, 6) is 0.721. The molecule has 2 aliphatic heterocycles. The number of nitriles is 1. The fraction of sp³-hybridized carbons (Fsp3) is 0.414. The van der Waals surface area contributed by atoms with Crippen molar-refractivity contribution < 1.29 is 13.9 Å². The van der Waals surface area contributed by atoms with Gasteiger partial charge in [-0.05, 0) is 47.7 Å². The number of imidazole rings is 1. The molecule has 3 heterocycles. The van der Waals surface area contributed by atoms with E-state index in [0.29, 0.717) is 43.0 Å². The Kier molecular flexibility index (Phi) is 6.63. The number of hydrogen-bond donors (Lipinski definition) is 1. The van der Waals surface area contributed by atoms with Gasteiger partial charge in [-0.1, -0.05) is 32.0 Å². The number of H-pyrrole nitrogens is 1. The van der Waals surface area contributed by atoms with E-state index in [0.717, 1.165) is 53.2 Å². The summed E-state index contributed by atoms with van der Waals surface area (Å²) in [6.07, 6.45) is 2.82. The van der Waals surface area contributed by atoms with Crippen LogP contribution in [0.4, 0.5) is 4.39 Å². The standard InChI is InChI=1S/C29H31FN4O2/c1-3-20-15-21(4-2)24(16-23(20)27-32-25-9-14-36-18-26(25)33-27)28(35)34-12-10-29(30,11-13-34)22-7-5-19(17-31)6-8-22/h5-8,15-16H,3-4,9-14,18H2,1-2H3,(H,32,33). The molecule has 7 heteroatoms. The van der Waals surface area contributed by atoms with Gasteiger partial charge in [-0.2, -0.15) is 5.26 Å². The molecular formula is C29H31FN4O2. The highest BCUT2D eigenvalue weighted by Crippen LogP contribution is 2.38. The number of rotatable bonds is 5. The van der Waals surface area contributed by atoms with Gasteiger partial charge in [-0.15, -0.1) is 0 Å². The van der Waals surface area contributed by atoms with Crippen molar-refractivity contribution >= 4 is 5.91 Å². The molecule has 0 unspecified atom stereocenters. The minimum Gasteiger partial charge on any atom is -0.375 e. The van der Waals surface area contributed by atoms with Gasteiger partial charge in [0.2, 0.25) is 0 Å². The van der Waals surface area contributed by atoms with Crippen LogP contribution < -0.4 is 0 Å². The van der Waals surface area contributed by atoms with Crippen LogP contribution in [0.5, 0.6) is 0 Å². The molecule has 0 atom stereocenters. The van der Waals surface area contributed by atoms with Gasteiger partial charge in [0.05, 0.1) is 36.2 Å². The number of aryl methyl sites for hydroxylation is 2. The molecule has 1 aromatic heterocycles. The van der Waals surface area contributed by atoms with E-state index in [2.05, 4.69) is 31.0 Å².